The molecule has 15 heavy (non-hydrogen) atoms. The van der Waals surface area contributed by atoms with Crippen LogP contribution in [0.2, 0.25) is 0 Å². The molecule has 3 N–H and O–H groups in total. The van der Waals surface area contributed by atoms with Crippen LogP contribution in [0.25, 0.3) is 0 Å². The SMILES string of the molecule is CCCC1CCC(C(COC)NN)CC1. The first-order chi connectivity index (χ1) is 7.31. The number of hydrogen-bond donors (Lipinski definition) is 2. The van der Waals surface area contributed by atoms with Crippen molar-refractivity contribution in [1.29, 1.82) is 0 Å². The van der Waals surface area contributed by atoms with Gasteiger partial charge in [0.25, 0.3) is 0 Å². The summed E-state index contributed by atoms with van der Waals surface area (Å²) in [4.78, 5) is 0. The zero-order valence-corrected chi connectivity index (χ0v) is 10.2. The molecule has 1 unspecified atom stereocenters. The van der Waals surface area contributed by atoms with E-state index in [1.165, 1.54) is 38.5 Å². The van der Waals surface area contributed by atoms with Crippen molar-refractivity contribution in [3.63, 3.8) is 0 Å². The summed E-state index contributed by atoms with van der Waals surface area (Å²) in [6.45, 7) is 3.01. The third-order valence-corrected chi connectivity index (χ3v) is 3.72. The molecule has 0 amide bonds. The van der Waals surface area contributed by atoms with Crippen LogP contribution in [0.1, 0.15) is 45.4 Å². The zero-order chi connectivity index (χ0) is 11.1. The van der Waals surface area contributed by atoms with Crippen LogP contribution in [-0.4, -0.2) is 19.8 Å². The number of ether oxygens (including phenoxy) is 1. The van der Waals surface area contributed by atoms with Crippen molar-refractivity contribution in [1.82, 2.24) is 5.43 Å². The van der Waals surface area contributed by atoms with Gasteiger partial charge in [0.15, 0.2) is 0 Å². The van der Waals surface area contributed by atoms with Crippen LogP contribution in [0.15, 0.2) is 0 Å². The number of hydrazine groups is 1. The van der Waals surface area contributed by atoms with Crippen molar-refractivity contribution in [2.24, 2.45) is 17.7 Å². The third-order valence-electron chi connectivity index (χ3n) is 3.72. The average molecular weight is 214 g/mol. The van der Waals surface area contributed by atoms with Crippen LogP contribution in [0, 0.1) is 11.8 Å². The molecule has 1 fully saturated rings. The maximum atomic E-state index is 5.55. The summed E-state index contributed by atoms with van der Waals surface area (Å²) in [6.07, 6.45) is 8.09. The van der Waals surface area contributed by atoms with Crippen molar-refractivity contribution in [3.8, 4) is 0 Å². The highest BCUT2D eigenvalue weighted by molar-refractivity contribution is 4.80. The van der Waals surface area contributed by atoms with Crippen LogP contribution in [0.3, 0.4) is 0 Å². The summed E-state index contributed by atoms with van der Waals surface area (Å²) in [5, 5.41) is 0. The van der Waals surface area contributed by atoms with Gasteiger partial charge in [0.05, 0.1) is 6.61 Å². The molecule has 0 heterocycles. The second kappa shape index (κ2) is 7.20. The Morgan fingerprint density at radius 3 is 2.47 bits per heavy atom. The highest BCUT2D eigenvalue weighted by atomic mass is 16.5. The molecule has 0 aromatic carbocycles. The van der Waals surface area contributed by atoms with Gasteiger partial charge in [-0.1, -0.05) is 32.6 Å². The van der Waals surface area contributed by atoms with E-state index < -0.39 is 0 Å². The molecular weight excluding hydrogens is 188 g/mol. The average Bonchev–Trinajstić information content (AvgIpc) is 2.28. The molecule has 0 aromatic rings. The Kier molecular flexibility index (Phi) is 6.22. The molecule has 0 aromatic heterocycles. The first-order valence-electron chi connectivity index (χ1n) is 6.26. The number of rotatable bonds is 6. The van der Waals surface area contributed by atoms with Gasteiger partial charge in [-0.2, -0.15) is 0 Å². The molecule has 1 aliphatic carbocycles. The first kappa shape index (κ1) is 12.9. The normalized spacial score (nSPS) is 29.0. The fourth-order valence-electron chi connectivity index (χ4n) is 2.79. The number of methoxy groups -OCH3 is 1. The molecule has 1 saturated carbocycles. The Morgan fingerprint density at radius 1 is 1.33 bits per heavy atom. The van der Waals surface area contributed by atoms with Crippen LogP contribution in [0.5, 0.6) is 0 Å². The maximum absolute atomic E-state index is 5.55. The molecule has 0 bridgehead atoms. The van der Waals surface area contributed by atoms with Crippen molar-refractivity contribution in [3.05, 3.63) is 0 Å². The minimum absolute atomic E-state index is 0.345. The number of nitrogens with two attached hydrogens (primary N) is 1. The minimum Gasteiger partial charge on any atom is -0.383 e. The fourth-order valence-corrected chi connectivity index (χ4v) is 2.79. The second-order valence-corrected chi connectivity index (χ2v) is 4.80. The molecule has 0 spiro atoms. The molecule has 3 nitrogen and oxygen atoms in total. The van der Waals surface area contributed by atoms with E-state index in [9.17, 15) is 0 Å². The van der Waals surface area contributed by atoms with E-state index >= 15 is 0 Å². The Bertz CT molecular complexity index is 156. The smallest absolute Gasteiger partial charge is 0.0632 e. The van der Waals surface area contributed by atoms with Gasteiger partial charge in [-0.05, 0) is 24.7 Å². The predicted octanol–water partition coefficient (Wildman–Crippen LogP) is 2.07. The van der Waals surface area contributed by atoms with E-state index in [4.69, 9.17) is 10.6 Å². The van der Waals surface area contributed by atoms with Crippen LogP contribution in [0.4, 0.5) is 0 Å². The number of nitrogens with one attached hydrogen (secondary N) is 1. The molecule has 90 valence electrons. The Labute approximate surface area is 93.7 Å². The van der Waals surface area contributed by atoms with Gasteiger partial charge in [0.1, 0.15) is 0 Å². The van der Waals surface area contributed by atoms with E-state index in [-0.39, 0.29) is 0 Å². The van der Waals surface area contributed by atoms with Crippen LogP contribution in [-0.2, 0) is 4.74 Å². The summed E-state index contributed by atoms with van der Waals surface area (Å²) in [6, 6.07) is 0.345. The van der Waals surface area contributed by atoms with Gasteiger partial charge in [-0.3, -0.25) is 11.3 Å². The lowest BCUT2D eigenvalue weighted by Gasteiger charge is -2.33. The lowest BCUT2D eigenvalue weighted by atomic mass is 9.77. The summed E-state index contributed by atoms with van der Waals surface area (Å²) < 4.78 is 5.18. The second-order valence-electron chi connectivity index (χ2n) is 4.80. The van der Waals surface area contributed by atoms with Gasteiger partial charge < -0.3 is 4.74 Å². The summed E-state index contributed by atoms with van der Waals surface area (Å²) >= 11 is 0. The Morgan fingerprint density at radius 2 is 2.00 bits per heavy atom. The Hall–Kier alpha value is -0.120. The van der Waals surface area contributed by atoms with Crippen molar-refractivity contribution in [2.45, 2.75) is 51.5 Å². The molecular formula is C12H26N2O. The Balaban J connectivity index is 2.28. The summed E-state index contributed by atoms with van der Waals surface area (Å²) in [7, 11) is 1.74. The highest BCUT2D eigenvalue weighted by Crippen LogP contribution is 2.33. The molecule has 1 atom stereocenters. The largest absolute Gasteiger partial charge is 0.383 e. The standard InChI is InChI=1S/C12H26N2O/c1-3-4-10-5-7-11(8-6-10)12(14-13)9-15-2/h10-12,14H,3-9,13H2,1-2H3. The molecule has 1 rings (SSSR count). The van der Waals surface area contributed by atoms with Crippen LogP contribution >= 0.6 is 0 Å². The molecule has 3 heteroatoms. The fraction of sp³-hybridized carbons (Fsp3) is 1.00. The van der Waals surface area contributed by atoms with E-state index in [1.54, 1.807) is 7.11 Å². The molecule has 1 aliphatic rings. The minimum atomic E-state index is 0.345. The van der Waals surface area contributed by atoms with E-state index in [0.717, 1.165) is 12.5 Å². The predicted molar refractivity (Wildman–Crippen MR) is 63.3 cm³/mol. The topological polar surface area (TPSA) is 47.3 Å². The van der Waals surface area contributed by atoms with Gasteiger partial charge >= 0.3 is 0 Å². The van der Waals surface area contributed by atoms with E-state index in [1.807, 2.05) is 0 Å². The number of hydrogen-bond acceptors (Lipinski definition) is 3. The lowest BCUT2D eigenvalue weighted by molar-refractivity contribution is 0.115. The van der Waals surface area contributed by atoms with Gasteiger partial charge in [-0.15, -0.1) is 0 Å². The molecule has 0 saturated heterocycles. The van der Waals surface area contributed by atoms with Gasteiger partial charge in [-0.25, -0.2) is 0 Å². The summed E-state index contributed by atoms with van der Waals surface area (Å²) in [5.74, 6) is 7.23. The summed E-state index contributed by atoms with van der Waals surface area (Å²) in [5.41, 5.74) is 2.89. The molecule has 0 radical (unpaired) electrons. The zero-order valence-electron chi connectivity index (χ0n) is 10.2. The van der Waals surface area contributed by atoms with E-state index in [2.05, 4.69) is 12.3 Å². The van der Waals surface area contributed by atoms with Crippen molar-refractivity contribution >= 4 is 0 Å². The maximum Gasteiger partial charge on any atom is 0.0632 e. The molecule has 0 aliphatic heterocycles. The van der Waals surface area contributed by atoms with Crippen molar-refractivity contribution in [2.75, 3.05) is 13.7 Å². The van der Waals surface area contributed by atoms with Crippen molar-refractivity contribution < 1.29 is 4.74 Å². The highest BCUT2D eigenvalue weighted by Gasteiger charge is 2.26. The first-order valence-corrected chi connectivity index (χ1v) is 6.26. The lowest BCUT2D eigenvalue weighted by Crippen LogP contribution is -2.45. The van der Waals surface area contributed by atoms with Crippen LogP contribution < -0.4 is 11.3 Å². The van der Waals surface area contributed by atoms with Gasteiger partial charge in [0, 0.05) is 13.2 Å². The monoisotopic (exact) mass is 214 g/mol. The van der Waals surface area contributed by atoms with E-state index in [0.29, 0.717) is 12.0 Å². The quantitative estimate of drug-likeness (QED) is 0.525. The third kappa shape index (κ3) is 4.09. The van der Waals surface area contributed by atoms with Gasteiger partial charge in [0.2, 0.25) is 0 Å².